The molecule has 0 spiro atoms. The Kier molecular flexibility index (Phi) is 5.67. The molecule has 0 bridgehead atoms. The molecular weight excluding hydrogens is 410 g/mol. The topological polar surface area (TPSA) is 103 Å². The van der Waals surface area contributed by atoms with Gasteiger partial charge in [-0.05, 0) is 55.5 Å². The molecule has 160 valence electrons. The SMILES string of the molecule is CC(C(=O)Nc1ccc(Oc2ccccc2)cc1)n1c(=O)ccc2cc([N+](=O)[O-])ccc21. The van der Waals surface area contributed by atoms with E-state index in [0.29, 0.717) is 28.1 Å². The third-order valence-electron chi connectivity index (χ3n) is 4.99. The molecule has 0 aliphatic carbocycles. The third kappa shape index (κ3) is 4.34. The second-order valence-corrected chi connectivity index (χ2v) is 7.15. The molecule has 0 aliphatic rings. The first kappa shape index (κ1) is 20.8. The second kappa shape index (κ2) is 8.73. The zero-order valence-electron chi connectivity index (χ0n) is 17.1. The number of anilines is 1. The van der Waals surface area contributed by atoms with E-state index >= 15 is 0 Å². The average molecular weight is 429 g/mol. The highest BCUT2D eigenvalue weighted by Crippen LogP contribution is 2.24. The molecule has 8 heteroatoms. The molecule has 0 aliphatic heterocycles. The van der Waals surface area contributed by atoms with E-state index in [2.05, 4.69) is 5.32 Å². The van der Waals surface area contributed by atoms with Crippen molar-refractivity contribution in [3.63, 3.8) is 0 Å². The van der Waals surface area contributed by atoms with Crippen LogP contribution >= 0.6 is 0 Å². The number of carbonyl (C=O) groups excluding carboxylic acids is 1. The fourth-order valence-electron chi connectivity index (χ4n) is 3.36. The predicted octanol–water partition coefficient (Wildman–Crippen LogP) is 4.90. The number of rotatable bonds is 6. The van der Waals surface area contributed by atoms with Gasteiger partial charge >= 0.3 is 0 Å². The van der Waals surface area contributed by atoms with E-state index in [-0.39, 0.29) is 11.2 Å². The largest absolute Gasteiger partial charge is 0.457 e. The lowest BCUT2D eigenvalue weighted by atomic mass is 10.1. The second-order valence-electron chi connectivity index (χ2n) is 7.15. The van der Waals surface area contributed by atoms with E-state index in [4.69, 9.17) is 4.74 Å². The molecule has 32 heavy (non-hydrogen) atoms. The molecule has 1 heterocycles. The lowest BCUT2D eigenvalue weighted by Crippen LogP contribution is -2.31. The summed E-state index contributed by atoms with van der Waals surface area (Å²) in [6.45, 7) is 1.60. The molecule has 1 amide bonds. The molecule has 0 saturated carbocycles. The Balaban J connectivity index is 1.54. The number of nitrogens with zero attached hydrogens (tertiary/aromatic N) is 2. The van der Waals surface area contributed by atoms with Gasteiger partial charge in [0.05, 0.1) is 10.4 Å². The van der Waals surface area contributed by atoms with Crippen molar-refractivity contribution < 1.29 is 14.5 Å². The summed E-state index contributed by atoms with van der Waals surface area (Å²) < 4.78 is 7.06. The summed E-state index contributed by atoms with van der Waals surface area (Å²) >= 11 is 0. The number of ether oxygens (including phenoxy) is 1. The van der Waals surface area contributed by atoms with Crippen molar-refractivity contribution >= 4 is 28.2 Å². The van der Waals surface area contributed by atoms with Gasteiger partial charge in [-0.3, -0.25) is 24.3 Å². The average Bonchev–Trinajstić information content (AvgIpc) is 2.80. The van der Waals surface area contributed by atoms with Gasteiger partial charge in [0.15, 0.2) is 0 Å². The molecule has 1 atom stereocenters. The summed E-state index contributed by atoms with van der Waals surface area (Å²) in [7, 11) is 0. The Morgan fingerprint density at radius 3 is 2.34 bits per heavy atom. The number of fused-ring (bicyclic) bond motifs is 1. The maximum atomic E-state index is 12.8. The minimum atomic E-state index is -0.840. The molecule has 3 aromatic carbocycles. The van der Waals surface area contributed by atoms with Gasteiger partial charge in [0.1, 0.15) is 17.5 Å². The van der Waals surface area contributed by atoms with Gasteiger partial charge in [-0.25, -0.2) is 0 Å². The van der Waals surface area contributed by atoms with Crippen molar-refractivity contribution in [1.29, 1.82) is 0 Å². The highest BCUT2D eigenvalue weighted by atomic mass is 16.6. The van der Waals surface area contributed by atoms with Crippen molar-refractivity contribution in [2.24, 2.45) is 0 Å². The fourth-order valence-corrected chi connectivity index (χ4v) is 3.36. The van der Waals surface area contributed by atoms with Crippen LogP contribution in [0.4, 0.5) is 11.4 Å². The van der Waals surface area contributed by atoms with Crippen molar-refractivity contribution in [1.82, 2.24) is 4.57 Å². The van der Waals surface area contributed by atoms with Crippen molar-refractivity contribution in [2.45, 2.75) is 13.0 Å². The van der Waals surface area contributed by atoms with E-state index in [1.165, 1.54) is 34.9 Å². The number of hydrogen-bond donors (Lipinski definition) is 1. The Hall–Kier alpha value is -4.46. The molecule has 8 nitrogen and oxygen atoms in total. The minimum Gasteiger partial charge on any atom is -0.457 e. The van der Waals surface area contributed by atoms with E-state index in [1.807, 2.05) is 30.3 Å². The maximum Gasteiger partial charge on any atom is 0.270 e. The number of nitro benzene ring substituents is 1. The monoisotopic (exact) mass is 429 g/mol. The summed E-state index contributed by atoms with van der Waals surface area (Å²) in [6, 6.07) is 22.3. The summed E-state index contributed by atoms with van der Waals surface area (Å²) in [5, 5.41) is 14.3. The van der Waals surface area contributed by atoms with Gasteiger partial charge < -0.3 is 10.1 Å². The van der Waals surface area contributed by atoms with E-state index in [9.17, 15) is 19.7 Å². The first-order chi connectivity index (χ1) is 15.4. The zero-order valence-corrected chi connectivity index (χ0v) is 17.1. The highest BCUT2D eigenvalue weighted by molar-refractivity contribution is 5.94. The number of nitrogens with one attached hydrogen (secondary N) is 1. The van der Waals surface area contributed by atoms with Crippen LogP contribution in [0.1, 0.15) is 13.0 Å². The number of nitro groups is 1. The lowest BCUT2D eigenvalue weighted by Gasteiger charge is -2.18. The molecule has 0 saturated heterocycles. The first-order valence-electron chi connectivity index (χ1n) is 9.86. The van der Waals surface area contributed by atoms with Gasteiger partial charge in [0, 0.05) is 29.3 Å². The maximum absolute atomic E-state index is 12.8. The van der Waals surface area contributed by atoms with Gasteiger partial charge in [0.2, 0.25) is 5.91 Å². The van der Waals surface area contributed by atoms with Crippen molar-refractivity contribution in [3.05, 3.63) is 105 Å². The molecule has 0 fully saturated rings. The summed E-state index contributed by atoms with van der Waals surface area (Å²) in [5.41, 5.74) is 0.529. The summed E-state index contributed by atoms with van der Waals surface area (Å²) in [6.07, 6.45) is 0. The van der Waals surface area contributed by atoms with Gasteiger partial charge in [-0.1, -0.05) is 18.2 Å². The third-order valence-corrected chi connectivity index (χ3v) is 4.99. The molecular formula is C24H19N3O5. The van der Waals surface area contributed by atoms with Crippen LogP contribution < -0.4 is 15.6 Å². The van der Waals surface area contributed by atoms with Crippen molar-refractivity contribution in [2.75, 3.05) is 5.32 Å². The predicted molar refractivity (Wildman–Crippen MR) is 121 cm³/mol. The number of non-ortho nitro benzene ring substituents is 1. The Bertz CT molecular complexity index is 1350. The number of carbonyl (C=O) groups is 1. The lowest BCUT2D eigenvalue weighted by molar-refractivity contribution is -0.384. The van der Waals surface area contributed by atoms with Crippen LogP contribution in [-0.2, 0) is 4.79 Å². The number of aromatic nitrogens is 1. The number of para-hydroxylation sites is 1. The van der Waals surface area contributed by atoms with Gasteiger partial charge in [-0.15, -0.1) is 0 Å². The van der Waals surface area contributed by atoms with Crippen LogP contribution in [0.2, 0.25) is 0 Å². The quantitative estimate of drug-likeness (QED) is 0.347. The molecule has 4 aromatic rings. The van der Waals surface area contributed by atoms with Gasteiger partial charge in [0.25, 0.3) is 11.2 Å². The smallest absolute Gasteiger partial charge is 0.270 e. The van der Waals surface area contributed by atoms with Crippen LogP contribution in [-0.4, -0.2) is 15.4 Å². The van der Waals surface area contributed by atoms with Crippen LogP contribution in [0, 0.1) is 10.1 Å². The molecule has 4 rings (SSSR count). The van der Waals surface area contributed by atoms with Crippen LogP contribution in [0.25, 0.3) is 10.9 Å². The summed E-state index contributed by atoms with van der Waals surface area (Å²) in [4.78, 5) is 35.9. The Labute approximate surface area is 182 Å². The highest BCUT2D eigenvalue weighted by Gasteiger charge is 2.19. The molecule has 0 radical (unpaired) electrons. The first-order valence-corrected chi connectivity index (χ1v) is 9.86. The zero-order chi connectivity index (χ0) is 22.7. The minimum absolute atomic E-state index is 0.0855. The standard InChI is InChI=1S/C24H19N3O5/c1-16(26-22-13-10-19(27(30)31)15-17(22)7-14-23(26)28)24(29)25-18-8-11-21(12-9-18)32-20-5-3-2-4-6-20/h2-16H,1H3,(H,25,29). The summed E-state index contributed by atoms with van der Waals surface area (Å²) in [5.74, 6) is 0.928. The molecule has 1 aromatic heterocycles. The Morgan fingerprint density at radius 2 is 1.66 bits per heavy atom. The number of amides is 1. The van der Waals surface area contributed by atoms with Gasteiger partial charge in [-0.2, -0.15) is 0 Å². The number of pyridine rings is 1. The van der Waals surface area contributed by atoms with Crippen LogP contribution in [0.5, 0.6) is 11.5 Å². The van der Waals surface area contributed by atoms with E-state index in [0.717, 1.165) is 0 Å². The molecule has 1 N–H and O–H groups in total. The normalized spacial score (nSPS) is 11.7. The number of hydrogen-bond acceptors (Lipinski definition) is 5. The van der Waals surface area contributed by atoms with Crippen LogP contribution in [0.3, 0.4) is 0 Å². The van der Waals surface area contributed by atoms with E-state index < -0.39 is 16.9 Å². The Morgan fingerprint density at radius 1 is 0.969 bits per heavy atom. The van der Waals surface area contributed by atoms with Crippen LogP contribution in [0.15, 0.2) is 89.7 Å². The number of benzene rings is 3. The van der Waals surface area contributed by atoms with E-state index in [1.54, 1.807) is 31.2 Å². The fraction of sp³-hybridized carbons (Fsp3) is 0.0833. The van der Waals surface area contributed by atoms with Crippen molar-refractivity contribution in [3.8, 4) is 11.5 Å². The molecule has 1 unspecified atom stereocenters.